The monoisotopic (exact) mass is 385 g/mol. The van der Waals surface area contributed by atoms with E-state index in [-0.39, 0.29) is 5.78 Å². The third kappa shape index (κ3) is 8.75. The molecule has 3 heteroatoms. The first kappa shape index (κ1) is 23.4. The normalized spacial score (nSPS) is 10.5. The summed E-state index contributed by atoms with van der Waals surface area (Å²) in [7, 11) is 0. The molecule has 0 spiro atoms. The van der Waals surface area contributed by atoms with Gasteiger partial charge in [0.25, 0.3) is 0 Å². The molecule has 0 saturated heterocycles. The van der Waals surface area contributed by atoms with E-state index in [0.29, 0.717) is 5.56 Å². The van der Waals surface area contributed by atoms with Gasteiger partial charge in [0.15, 0.2) is 5.78 Å². The van der Waals surface area contributed by atoms with E-state index in [2.05, 4.69) is 57.8 Å². The molecule has 2 aromatic rings. The van der Waals surface area contributed by atoms with Crippen molar-refractivity contribution in [2.24, 2.45) is 5.92 Å². The van der Waals surface area contributed by atoms with Crippen LogP contribution in [0, 0.1) is 19.8 Å². The lowest BCUT2D eigenvalue weighted by Gasteiger charge is -2.09. The van der Waals surface area contributed by atoms with Gasteiger partial charge >= 0.3 is 0 Å². The van der Waals surface area contributed by atoms with Gasteiger partial charge in [0, 0.05) is 28.6 Å². The maximum absolute atomic E-state index is 11.3. The largest absolute Gasteiger partial charge is 0.294 e. The van der Waals surface area contributed by atoms with Crippen LogP contribution < -0.4 is 0 Å². The highest BCUT2D eigenvalue weighted by molar-refractivity contribution is 7.98. The number of hydrogen-bond donors (Lipinski definition) is 0. The molecule has 0 unspecified atom stereocenters. The van der Waals surface area contributed by atoms with Gasteiger partial charge in [-0.05, 0) is 49.4 Å². The van der Waals surface area contributed by atoms with Crippen molar-refractivity contribution in [2.75, 3.05) is 0 Å². The van der Waals surface area contributed by atoms with Crippen LogP contribution >= 0.6 is 11.8 Å². The molecule has 0 bridgehead atoms. The Kier molecular flexibility index (Phi) is 11.0. The number of aryl methyl sites for hydroxylation is 2. The van der Waals surface area contributed by atoms with E-state index in [4.69, 9.17) is 0 Å². The van der Waals surface area contributed by atoms with Gasteiger partial charge in [-0.15, -0.1) is 11.8 Å². The fourth-order valence-electron chi connectivity index (χ4n) is 3.07. The number of aromatic nitrogens is 1. The number of carbonyl (C=O) groups is 1. The number of Topliss-reactive ketones (excluding diaryl/α,β-unsaturated/α-hetero) is 1. The van der Waals surface area contributed by atoms with Crippen molar-refractivity contribution in [1.29, 1.82) is 0 Å². The number of thioether (sulfide) groups is 1. The Labute approximate surface area is 170 Å². The zero-order valence-corrected chi connectivity index (χ0v) is 18.7. The Morgan fingerprint density at radius 1 is 1.07 bits per heavy atom. The first-order valence-electron chi connectivity index (χ1n) is 10.0. The summed E-state index contributed by atoms with van der Waals surface area (Å²) < 4.78 is 0. The van der Waals surface area contributed by atoms with Crippen LogP contribution in [0.15, 0.2) is 41.6 Å². The van der Waals surface area contributed by atoms with Gasteiger partial charge in [0.2, 0.25) is 0 Å². The molecule has 27 heavy (non-hydrogen) atoms. The van der Waals surface area contributed by atoms with Gasteiger partial charge < -0.3 is 0 Å². The highest BCUT2D eigenvalue weighted by Crippen LogP contribution is 2.29. The summed E-state index contributed by atoms with van der Waals surface area (Å²) in [6.07, 6.45) is 8.96. The minimum Gasteiger partial charge on any atom is -0.294 e. The van der Waals surface area contributed by atoms with E-state index >= 15 is 0 Å². The molecular weight excluding hydrogens is 350 g/mol. The van der Waals surface area contributed by atoms with Crippen molar-refractivity contribution in [3.63, 3.8) is 0 Å². The second-order valence-electron chi connectivity index (χ2n) is 7.33. The quantitative estimate of drug-likeness (QED) is 0.350. The summed E-state index contributed by atoms with van der Waals surface area (Å²) in [4.78, 5) is 16.8. The molecule has 148 valence electrons. The molecule has 0 saturated carbocycles. The lowest BCUT2D eigenvalue weighted by molar-refractivity contribution is 0.101. The molecule has 0 radical (unpaired) electrons. The van der Waals surface area contributed by atoms with Crippen LogP contribution in [0.1, 0.15) is 80.4 Å². The van der Waals surface area contributed by atoms with Gasteiger partial charge in [0.1, 0.15) is 0 Å². The number of hydrogen-bond acceptors (Lipinski definition) is 3. The van der Waals surface area contributed by atoms with Crippen LogP contribution in [0.3, 0.4) is 0 Å². The van der Waals surface area contributed by atoms with Crippen molar-refractivity contribution in [1.82, 2.24) is 4.98 Å². The zero-order chi connectivity index (χ0) is 20.2. The topological polar surface area (TPSA) is 30.0 Å². The number of carbonyl (C=O) groups excluding carboxylic acids is 1. The molecular formula is C24H35NOS. The van der Waals surface area contributed by atoms with Crippen molar-refractivity contribution < 1.29 is 4.79 Å². The molecule has 1 aromatic carbocycles. The van der Waals surface area contributed by atoms with Crippen LogP contribution in [0.2, 0.25) is 0 Å². The lowest BCUT2D eigenvalue weighted by Crippen LogP contribution is -1.95. The second kappa shape index (κ2) is 12.7. The molecule has 0 aliphatic rings. The van der Waals surface area contributed by atoms with Crippen LogP contribution in [0.25, 0.3) is 0 Å². The van der Waals surface area contributed by atoms with Gasteiger partial charge in [-0.2, -0.15) is 0 Å². The Morgan fingerprint density at radius 2 is 1.67 bits per heavy atom. The predicted octanol–water partition coefficient (Wildman–Crippen LogP) is 7.42. The summed E-state index contributed by atoms with van der Waals surface area (Å²) in [5.41, 5.74) is 4.35. The van der Waals surface area contributed by atoms with Crippen molar-refractivity contribution in [2.45, 2.75) is 77.9 Å². The summed E-state index contributed by atoms with van der Waals surface area (Å²) in [5.74, 6) is 1.86. The number of pyridine rings is 1. The van der Waals surface area contributed by atoms with E-state index in [1.165, 1.54) is 41.7 Å². The summed E-state index contributed by atoms with van der Waals surface area (Å²) >= 11 is 1.80. The van der Waals surface area contributed by atoms with Crippen LogP contribution in [-0.2, 0) is 5.75 Å². The minimum atomic E-state index is 0.0615. The molecule has 0 aliphatic heterocycles. The van der Waals surface area contributed by atoms with E-state index in [0.717, 1.165) is 17.2 Å². The highest BCUT2D eigenvalue weighted by Gasteiger charge is 2.05. The molecule has 1 aromatic heterocycles. The van der Waals surface area contributed by atoms with Crippen LogP contribution in [0.5, 0.6) is 0 Å². The molecule has 0 N–H and O–H groups in total. The van der Waals surface area contributed by atoms with Crippen molar-refractivity contribution in [3.8, 4) is 0 Å². The van der Waals surface area contributed by atoms with E-state index in [1.54, 1.807) is 24.9 Å². The Hall–Kier alpha value is -1.61. The number of benzene rings is 1. The van der Waals surface area contributed by atoms with Gasteiger partial charge in [-0.1, -0.05) is 64.7 Å². The van der Waals surface area contributed by atoms with Crippen molar-refractivity contribution in [3.05, 3.63) is 58.9 Å². The second-order valence-corrected chi connectivity index (χ2v) is 8.32. The molecule has 0 atom stereocenters. The summed E-state index contributed by atoms with van der Waals surface area (Å²) in [6, 6.07) is 8.25. The lowest BCUT2D eigenvalue weighted by atomic mass is 10.0. The maximum atomic E-state index is 11.3. The average molecular weight is 386 g/mol. The smallest absolute Gasteiger partial charge is 0.161 e. The third-order valence-electron chi connectivity index (χ3n) is 4.56. The molecule has 0 fully saturated rings. The zero-order valence-electron chi connectivity index (χ0n) is 17.8. The average Bonchev–Trinajstić information content (AvgIpc) is 2.62. The number of rotatable bonds is 8. The van der Waals surface area contributed by atoms with Gasteiger partial charge in [-0.3, -0.25) is 9.78 Å². The standard InChI is InChI=1S/C16H17NOS.C8H18/c1-11-5-4-6-12(2)16(11)19-10-14-7-15(13(3)18)9-17-8-14;1-4-6-8(3)7-5-2/h4-9H,10H2,1-3H3;8H,4-7H2,1-3H3. The third-order valence-corrected chi connectivity index (χ3v) is 5.97. The highest BCUT2D eigenvalue weighted by atomic mass is 32.2. The van der Waals surface area contributed by atoms with E-state index in [1.807, 2.05) is 12.3 Å². The predicted molar refractivity (Wildman–Crippen MR) is 119 cm³/mol. The first-order chi connectivity index (χ1) is 12.9. The fourth-order valence-corrected chi connectivity index (χ4v) is 4.13. The SMILES string of the molecule is CC(=O)c1cncc(CSc2c(C)cccc2C)c1.CCCC(C)CCC. The van der Waals surface area contributed by atoms with E-state index in [9.17, 15) is 4.79 Å². The van der Waals surface area contributed by atoms with Crippen LogP contribution in [-0.4, -0.2) is 10.8 Å². The Bertz CT molecular complexity index is 685. The molecule has 0 aliphatic carbocycles. The Morgan fingerprint density at radius 3 is 2.19 bits per heavy atom. The first-order valence-corrected chi connectivity index (χ1v) is 11.0. The summed E-state index contributed by atoms with van der Waals surface area (Å²) in [6.45, 7) is 12.7. The molecule has 0 amide bonds. The van der Waals surface area contributed by atoms with Crippen molar-refractivity contribution >= 4 is 17.5 Å². The molecule has 1 heterocycles. The van der Waals surface area contributed by atoms with E-state index < -0.39 is 0 Å². The maximum Gasteiger partial charge on any atom is 0.161 e. The van der Waals surface area contributed by atoms with Gasteiger partial charge in [-0.25, -0.2) is 0 Å². The van der Waals surface area contributed by atoms with Crippen LogP contribution in [0.4, 0.5) is 0 Å². The minimum absolute atomic E-state index is 0.0615. The van der Waals surface area contributed by atoms with Gasteiger partial charge in [0.05, 0.1) is 0 Å². The number of ketones is 1. The fraction of sp³-hybridized carbons (Fsp3) is 0.500. The summed E-state index contributed by atoms with van der Waals surface area (Å²) in [5, 5.41) is 0. The molecule has 2 rings (SSSR count). The number of nitrogens with zero attached hydrogens (tertiary/aromatic N) is 1. The Balaban J connectivity index is 0.000000387. The molecule has 2 nitrogen and oxygen atoms in total.